The van der Waals surface area contributed by atoms with E-state index in [-0.39, 0.29) is 12.2 Å². The quantitative estimate of drug-likeness (QED) is 0.467. The van der Waals surface area contributed by atoms with Crippen LogP contribution in [0.3, 0.4) is 0 Å². The lowest BCUT2D eigenvalue weighted by Gasteiger charge is -2.16. The molecule has 1 amide bonds. The van der Waals surface area contributed by atoms with Crippen LogP contribution in [-0.4, -0.2) is 17.9 Å². The lowest BCUT2D eigenvalue weighted by Crippen LogP contribution is -2.33. The van der Waals surface area contributed by atoms with E-state index in [9.17, 15) is 40.3 Å². The summed E-state index contributed by atoms with van der Waals surface area (Å²) in [5.74, 6) is -2.57. The smallest absolute Gasteiger partial charge is 0.355 e. The maximum Gasteiger partial charge on any atom is 0.418 e. The van der Waals surface area contributed by atoms with Gasteiger partial charge in [-0.05, 0) is 48.7 Å². The molecule has 0 atom stereocenters. The fourth-order valence-electron chi connectivity index (χ4n) is 3.39. The van der Waals surface area contributed by atoms with E-state index in [1.54, 1.807) is 0 Å². The van der Waals surface area contributed by atoms with Gasteiger partial charge < -0.3 is 10.6 Å². The number of ketones is 1. The van der Waals surface area contributed by atoms with Gasteiger partial charge in [0.05, 0.1) is 16.7 Å². The molecule has 0 aromatic heterocycles. The number of amides is 1. The molecular formula is C22H19F7N2O2. The molecule has 1 aliphatic carbocycles. The maximum atomic E-state index is 13.2. The first-order valence-electron chi connectivity index (χ1n) is 9.87. The molecule has 2 N–H and O–H groups in total. The van der Waals surface area contributed by atoms with Gasteiger partial charge in [-0.1, -0.05) is 12.1 Å². The number of nitrogens with one attached hydrogen (secondary N) is 2. The number of hydrogen-bond acceptors (Lipinski definition) is 3. The van der Waals surface area contributed by atoms with Crippen LogP contribution in [0, 0.1) is 11.2 Å². The number of Topliss-reactive ketones (excluding diaryl/α,β-unsaturated/α-hetero) is 1. The summed E-state index contributed by atoms with van der Waals surface area (Å²) in [6.07, 6.45) is -10.8. The normalized spacial score (nSPS) is 15.1. The van der Waals surface area contributed by atoms with E-state index in [1.165, 1.54) is 24.3 Å². The van der Waals surface area contributed by atoms with Gasteiger partial charge in [0, 0.05) is 18.7 Å². The fourth-order valence-corrected chi connectivity index (χ4v) is 3.39. The highest BCUT2D eigenvalue weighted by atomic mass is 19.4. The Labute approximate surface area is 184 Å². The number of carbonyl (C=O) groups is 2. The Morgan fingerprint density at radius 1 is 0.939 bits per heavy atom. The molecule has 0 bridgehead atoms. The number of alkyl halides is 6. The summed E-state index contributed by atoms with van der Waals surface area (Å²) in [7, 11) is 0. The number of hydrogen-bond donors (Lipinski definition) is 2. The van der Waals surface area contributed by atoms with Gasteiger partial charge in [-0.15, -0.1) is 0 Å². The molecule has 33 heavy (non-hydrogen) atoms. The van der Waals surface area contributed by atoms with Gasteiger partial charge in [0.25, 0.3) is 0 Å². The van der Waals surface area contributed by atoms with E-state index in [4.69, 9.17) is 0 Å². The van der Waals surface area contributed by atoms with Crippen LogP contribution in [0.1, 0.15) is 36.8 Å². The molecule has 0 radical (unpaired) electrons. The molecule has 178 valence electrons. The number of rotatable bonds is 8. The number of halogens is 7. The molecule has 0 unspecified atom stereocenters. The molecule has 0 spiro atoms. The molecule has 11 heteroatoms. The van der Waals surface area contributed by atoms with Gasteiger partial charge >= 0.3 is 12.4 Å². The summed E-state index contributed by atoms with van der Waals surface area (Å²) < 4.78 is 89.6. The first kappa shape index (κ1) is 24.5. The van der Waals surface area contributed by atoms with Crippen LogP contribution in [-0.2, 0) is 22.3 Å². The molecule has 1 aliphatic rings. The van der Waals surface area contributed by atoms with Crippen LogP contribution >= 0.6 is 0 Å². The van der Waals surface area contributed by atoms with Crippen molar-refractivity contribution in [2.75, 3.05) is 5.32 Å². The van der Waals surface area contributed by atoms with E-state index < -0.39 is 53.7 Å². The average Bonchev–Trinajstić information content (AvgIpc) is 3.46. The largest absolute Gasteiger partial charge is 0.418 e. The summed E-state index contributed by atoms with van der Waals surface area (Å²) >= 11 is 0. The third-order valence-electron chi connectivity index (χ3n) is 5.24. The zero-order valence-corrected chi connectivity index (χ0v) is 17.0. The molecule has 1 fully saturated rings. The Morgan fingerprint density at radius 3 is 2.12 bits per heavy atom. The molecule has 0 aliphatic heterocycles. The zero-order chi connectivity index (χ0) is 24.4. The van der Waals surface area contributed by atoms with Crippen molar-refractivity contribution < 1.29 is 40.3 Å². The van der Waals surface area contributed by atoms with Gasteiger partial charge in [-0.25, -0.2) is 4.39 Å². The second-order valence-electron chi connectivity index (χ2n) is 7.98. The monoisotopic (exact) mass is 476 g/mol. The van der Waals surface area contributed by atoms with Gasteiger partial charge in [0.1, 0.15) is 18.0 Å². The number of carbonyl (C=O) groups excluding carboxylic acids is 2. The highest BCUT2D eigenvalue weighted by Gasteiger charge is 2.51. The van der Waals surface area contributed by atoms with Crippen molar-refractivity contribution in [2.45, 2.75) is 44.6 Å². The SMILES string of the molecule is O=C(CC(F)(F)F)CC1(C(=O)NCc2ccc(Nc3ccc(F)cc3C(F)(F)F)cc2)CC1. The first-order valence-corrected chi connectivity index (χ1v) is 9.87. The van der Waals surface area contributed by atoms with Crippen molar-refractivity contribution in [3.63, 3.8) is 0 Å². The van der Waals surface area contributed by atoms with Crippen molar-refractivity contribution in [1.29, 1.82) is 0 Å². The Hall–Kier alpha value is -3.11. The van der Waals surface area contributed by atoms with Crippen LogP contribution in [0.2, 0.25) is 0 Å². The third kappa shape index (κ3) is 6.69. The highest BCUT2D eigenvalue weighted by molar-refractivity contribution is 5.92. The van der Waals surface area contributed by atoms with Gasteiger partial charge in [0.15, 0.2) is 0 Å². The van der Waals surface area contributed by atoms with Gasteiger partial charge in [-0.2, -0.15) is 26.3 Å². The molecule has 4 nitrogen and oxygen atoms in total. The van der Waals surface area contributed by atoms with Crippen molar-refractivity contribution in [2.24, 2.45) is 5.41 Å². The first-order chi connectivity index (χ1) is 15.3. The summed E-state index contributed by atoms with van der Waals surface area (Å²) in [5.41, 5.74) is -1.72. The van der Waals surface area contributed by atoms with Crippen molar-refractivity contribution in [1.82, 2.24) is 5.32 Å². The van der Waals surface area contributed by atoms with Crippen LogP contribution < -0.4 is 10.6 Å². The second kappa shape index (κ2) is 9.03. The van der Waals surface area contributed by atoms with Crippen molar-refractivity contribution >= 4 is 23.1 Å². The number of anilines is 2. The van der Waals surface area contributed by atoms with Gasteiger partial charge in [0.2, 0.25) is 5.91 Å². The number of benzene rings is 2. The Bertz CT molecular complexity index is 1030. The van der Waals surface area contributed by atoms with Gasteiger partial charge in [-0.3, -0.25) is 9.59 Å². The highest BCUT2D eigenvalue weighted by Crippen LogP contribution is 2.49. The Morgan fingerprint density at radius 2 is 1.58 bits per heavy atom. The lowest BCUT2D eigenvalue weighted by molar-refractivity contribution is -0.154. The predicted octanol–water partition coefficient (Wildman–Crippen LogP) is 5.90. The van der Waals surface area contributed by atoms with E-state index in [2.05, 4.69) is 10.6 Å². The van der Waals surface area contributed by atoms with E-state index in [0.717, 1.165) is 12.1 Å². The van der Waals surface area contributed by atoms with Crippen LogP contribution in [0.15, 0.2) is 42.5 Å². The van der Waals surface area contributed by atoms with Crippen LogP contribution in [0.25, 0.3) is 0 Å². The van der Waals surface area contributed by atoms with Crippen molar-refractivity contribution in [3.05, 3.63) is 59.4 Å². The minimum absolute atomic E-state index is 0.0265. The molecule has 2 aromatic carbocycles. The van der Waals surface area contributed by atoms with Crippen LogP contribution in [0.5, 0.6) is 0 Å². The molecule has 0 heterocycles. The predicted molar refractivity (Wildman–Crippen MR) is 105 cm³/mol. The zero-order valence-electron chi connectivity index (χ0n) is 17.0. The Balaban J connectivity index is 1.58. The lowest BCUT2D eigenvalue weighted by atomic mass is 9.96. The average molecular weight is 476 g/mol. The standard InChI is InChI=1S/C22H19F7N2O2/c23-14-3-6-18(17(9-14)22(27,28)29)31-15-4-1-13(2-5-15)12-30-19(33)20(7-8-20)10-16(32)11-21(24,25)26/h1-6,9,31H,7-8,10-12H2,(H,30,33). The summed E-state index contributed by atoms with van der Waals surface area (Å²) in [5, 5.41) is 5.16. The topological polar surface area (TPSA) is 58.2 Å². The summed E-state index contributed by atoms with van der Waals surface area (Å²) in [6, 6.07) is 8.26. The third-order valence-corrected chi connectivity index (χ3v) is 5.24. The van der Waals surface area contributed by atoms with E-state index >= 15 is 0 Å². The minimum Gasteiger partial charge on any atom is -0.355 e. The van der Waals surface area contributed by atoms with E-state index in [0.29, 0.717) is 30.2 Å². The van der Waals surface area contributed by atoms with Crippen LogP contribution in [0.4, 0.5) is 42.1 Å². The molecule has 1 saturated carbocycles. The molecule has 0 saturated heterocycles. The van der Waals surface area contributed by atoms with E-state index in [1.807, 2.05) is 0 Å². The fraction of sp³-hybridized carbons (Fsp3) is 0.364. The maximum absolute atomic E-state index is 13.2. The summed E-state index contributed by atoms with van der Waals surface area (Å²) in [4.78, 5) is 24.0. The second-order valence-corrected chi connectivity index (χ2v) is 7.98. The van der Waals surface area contributed by atoms with Crippen molar-refractivity contribution in [3.8, 4) is 0 Å². The Kier molecular flexibility index (Phi) is 6.71. The molecule has 3 rings (SSSR count). The summed E-state index contributed by atoms with van der Waals surface area (Å²) in [6.45, 7) is 0.0265. The minimum atomic E-state index is -4.76. The molecule has 2 aromatic rings. The molecular weight excluding hydrogens is 457 g/mol.